The number of rotatable bonds is 3. The topological polar surface area (TPSA) is 55.4 Å². The molecule has 0 heterocycles. The summed E-state index contributed by atoms with van der Waals surface area (Å²) in [6.07, 6.45) is 3.03. The molecule has 0 fully saturated rings. The van der Waals surface area contributed by atoms with Gasteiger partial charge in [0.15, 0.2) is 0 Å². The van der Waals surface area contributed by atoms with Crippen molar-refractivity contribution in [1.82, 2.24) is 5.32 Å². The van der Waals surface area contributed by atoms with Gasteiger partial charge in [0.1, 0.15) is 0 Å². The van der Waals surface area contributed by atoms with Gasteiger partial charge in [-0.05, 0) is 23.8 Å². The fourth-order valence-corrected chi connectivity index (χ4v) is 1.22. The number of amides is 1. The van der Waals surface area contributed by atoms with Crippen molar-refractivity contribution in [1.29, 1.82) is 0 Å². The Bertz CT molecular complexity index is 533. The van der Waals surface area contributed by atoms with Crippen LogP contribution in [0.25, 0.3) is 6.08 Å². The molecule has 1 aromatic carbocycles. The molecular weight excluding hydrogens is 242 g/mol. The maximum absolute atomic E-state index is 10.9. The minimum Gasteiger partial charge on any atom is -0.466 e. The van der Waals surface area contributed by atoms with Crippen molar-refractivity contribution >= 4 is 18.0 Å². The Labute approximate surface area is 112 Å². The third-order valence-corrected chi connectivity index (χ3v) is 2.18. The molecule has 1 rings (SSSR count). The lowest BCUT2D eigenvalue weighted by Crippen LogP contribution is -2.19. The predicted octanol–water partition coefficient (Wildman–Crippen LogP) is 1.36. The second kappa shape index (κ2) is 7.72. The van der Waals surface area contributed by atoms with Crippen molar-refractivity contribution in [3.8, 4) is 11.8 Å². The van der Waals surface area contributed by atoms with E-state index in [0.717, 1.165) is 11.1 Å². The van der Waals surface area contributed by atoms with E-state index >= 15 is 0 Å². The second-order valence-electron chi connectivity index (χ2n) is 3.69. The highest BCUT2D eigenvalue weighted by molar-refractivity contribution is 5.86. The normalized spacial score (nSPS) is 9.58. The van der Waals surface area contributed by atoms with Crippen molar-refractivity contribution in [2.24, 2.45) is 0 Å². The van der Waals surface area contributed by atoms with E-state index in [-0.39, 0.29) is 11.9 Å². The minimum absolute atomic E-state index is 0.0994. The van der Waals surface area contributed by atoms with E-state index in [4.69, 9.17) is 0 Å². The largest absolute Gasteiger partial charge is 0.466 e. The molecule has 0 aliphatic rings. The second-order valence-corrected chi connectivity index (χ2v) is 3.69. The summed E-state index contributed by atoms with van der Waals surface area (Å²) in [5.74, 6) is 5.27. The van der Waals surface area contributed by atoms with Crippen molar-refractivity contribution in [3.63, 3.8) is 0 Å². The van der Waals surface area contributed by atoms with Gasteiger partial charge in [-0.3, -0.25) is 4.79 Å². The molecule has 19 heavy (non-hydrogen) atoms. The van der Waals surface area contributed by atoms with Gasteiger partial charge in [0.05, 0.1) is 13.7 Å². The molecule has 4 heteroatoms. The van der Waals surface area contributed by atoms with Crippen LogP contribution in [-0.2, 0) is 14.3 Å². The average molecular weight is 257 g/mol. The molecule has 0 spiro atoms. The minimum atomic E-state index is -0.390. The van der Waals surface area contributed by atoms with Crippen LogP contribution in [0.1, 0.15) is 18.1 Å². The van der Waals surface area contributed by atoms with Crippen LogP contribution in [0, 0.1) is 11.8 Å². The first-order valence-electron chi connectivity index (χ1n) is 5.71. The summed E-state index contributed by atoms with van der Waals surface area (Å²) in [6.45, 7) is 1.78. The van der Waals surface area contributed by atoms with Gasteiger partial charge in [-0.1, -0.05) is 24.0 Å². The summed E-state index contributed by atoms with van der Waals surface area (Å²) in [5, 5.41) is 2.59. The lowest BCUT2D eigenvalue weighted by molar-refractivity contribution is -0.134. The standard InChI is InChI=1S/C15H15NO3/c1-12(17)16-11-3-4-13-5-7-14(8-6-13)9-10-15(18)19-2/h5-10H,11H2,1-2H3,(H,16,17)/b10-9+. The number of benzene rings is 1. The highest BCUT2D eigenvalue weighted by Crippen LogP contribution is 2.05. The van der Waals surface area contributed by atoms with Crippen molar-refractivity contribution < 1.29 is 14.3 Å². The molecule has 0 saturated carbocycles. The zero-order valence-corrected chi connectivity index (χ0v) is 10.9. The zero-order valence-electron chi connectivity index (χ0n) is 10.9. The third-order valence-electron chi connectivity index (χ3n) is 2.18. The third kappa shape index (κ3) is 6.08. The van der Waals surface area contributed by atoms with Crippen LogP contribution < -0.4 is 5.32 Å². The number of esters is 1. The smallest absolute Gasteiger partial charge is 0.330 e. The van der Waals surface area contributed by atoms with Gasteiger partial charge in [0.25, 0.3) is 0 Å². The van der Waals surface area contributed by atoms with Crippen molar-refractivity contribution in [2.75, 3.05) is 13.7 Å². The van der Waals surface area contributed by atoms with E-state index in [1.807, 2.05) is 24.3 Å². The lowest BCUT2D eigenvalue weighted by Gasteiger charge is -1.95. The predicted molar refractivity (Wildman–Crippen MR) is 73.1 cm³/mol. The molecule has 0 aliphatic carbocycles. The van der Waals surface area contributed by atoms with E-state index in [9.17, 15) is 9.59 Å². The number of hydrogen-bond acceptors (Lipinski definition) is 3. The van der Waals surface area contributed by atoms with E-state index in [1.54, 1.807) is 6.08 Å². The van der Waals surface area contributed by atoms with E-state index in [1.165, 1.54) is 20.1 Å². The Morgan fingerprint density at radius 3 is 2.58 bits per heavy atom. The Kier molecular flexibility index (Phi) is 5.90. The first-order valence-corrected chi connectivity index (χ1v) is 5.71. The number of methoxy groups -OCH3 is 1. The summed E-state index contributed by atoms with van der Waals surface area (Å²) in [5.41, 5.74) is 1.73. The monoisotopic (exact) mass is 257 g/mol. The zero-order chi connectivity index (χ0) is 14.1. The molecule has 98 valence electrons. The van der Waals surface area contributed by atoms with Gasteiger partial charge < -0.3 is 10.1 Å². The molecule has 0 aromatic heterocycles. The van der Waals surface area contributed by atoms with Crippen molar-refractivity contribution in [3.05, 3.63) is 41.5 Å². The number of carbonyl (C=O) groups is 2. The molecular formula is C15H15NO3. The SMILES string of the molecule is COC(=O)/C=C/c1ccc(C#CCNC(C)=O)cc1. The highest BCUT2D eigenvalue weighted by atomic mass is 16.5. The maximum atomic E-state index is 10.9. The van der Waals surface area contributed by atoms with Crippen LogP contribution in [0.5, 0.6) is 0 Å². The number of carbonyl (C=O) groups excluding carboxylic acids is 2. The summed E-state index contributed by atoms with van der Waals surface area (Å²) >= 11 is 0. The van der Waals surface area contributed by atoms with Crippen LogP contribution in [0.4, 0.5) is 0 Å². The van der Waals surface area contributed by atoms with Gasteiger partial charge >= 0.3 is 5.97 Å². The Hall–Kier alpha value is -2.54. The van der Waals surface area contributed by atoms with Crippen LogP contribution in [0.15, 0.2) is 30.3 Å². The van der Waals surface area contributed by atoms with Crippen LogP contribution in [0.3, 0.4) is 0 Å². The maximum Gasteiger partial charge on any atom is 0.330 e. The van der Waals surface area contributed by atoms with Crippen molar-refractivity contribution in [2.45, 2.75) is 6.92 Å². The van der Waals surface area contributed by atoms with Gasteiger partial charge in [0.2, 0.25) is 5.91 Å². The molecule has 1 N–H and O–H groups in total. The quantitative estimate of drug-likeness (QED) is 0.505. The van der Waals surface area contributed by atoms with Crippen LogP contribution in [0.2, 0.25) is 0 Å². The lowest BCUT2D eigenvalue weighted by atomic mass is 10.1. The summed E-state index contributed by atoms with van der Waals surface area (Å²) in [4.78, 5) is 21.5. The molecule has 1 amide bonds. The number of ether oxygens (including phenoxy) is 1. The van der Waals surface area contributed by atoms with E-state index in [0.29, 0.717) is 6.54 Å². The molecule has 0 bridgehead atoms. The summed E-state index contributed by atoms with van der Waals surface area (Å²) in [7, 11) is 1.33. The molecule has 0 aliphatic heterocycles. The Balaban J connectivity index is 2.59. The first kappa shape index (κ1) is 14.5. The van der Waals surface area contributed by atoms with Crippen LogP contribution in [-0.4, -0.2) is 25.5 Å². The fourth-order valence-electron chi connectivity index (χ4n) is 1.22. The van der Waals surface area contributed by atoms with Gasteiger partial charge in [-0.25, -0.2) is 4.79 Å². The fraction of sp³-hybridized carbons (Fsp3) is 0.200. The van der Waals surface area contributed by atoms with Gasteiger partial charge in [-0.2, -0.15) is 0 Å². The Morgan fingerprint density at radius 2 is 2.00 bits per heavy atom. The van der Waals surface area contributed by atoms with E-state index < -0.39 is 0 Å². The summed E-state index contributed by atoms with van der Waals surface area (Å²) < 4.78 is 4.50. The van der Waals surface area contributed by atoms with Gasteiger partial charge in [-0.15, -0.1) is 0 Å². The molecule has 1 aromatic rings. The average Bonchev–Trinajstić information content (AvgIpc) is 2.42. The Morgan fingerprint density at radius 1 is 1.32 bits per heavy atom. The molecule has 4 nitrogen and oxygen atoms in total. The number of hydrogen-bond donors (Lipinski definition) is 1. The first-order chi connectivity index (χ1) is 9.11. The van der Waals surface area contributed by atoms with Gasteiger partial charge in [0, 0.05) is 18.6 Å². The molecule has 0 radical (unpaired) electrons. The highest BCUT2D eigenvalue weighted by Gasteiger charge is 1.92. The molecule has 0 unspecified atom stereocenters. The van der Waals surface area contributed by atoms with E-state index in [2.05, 4.69) is 21.9 Å². The molecule has 0 saturated heterocycles. The summed E-state index contributed by atoms with van der Waals surface area (Å²) in [6, 6.07) is 7.39. The van der Waals surface area contributed by atoms with Crippen LogP contribution >= 0.6 is 0 Å². The number of nitrogens with one attached hydrogen (secondary N) is 1. The molecule has 0 atom stereocenters.